The summed E-state index contributed by atoms with van der Waals surface area (Å²) in [6.45, 7) is 4.52. The molecule has 0 spiro atoms. The summed E-state index contributed by atoms with van der Waals surface area (Å²) in [6, 6.07) is 14.4. The molecule has 96 valence electrons. The zero-order chi connectivity index (χ0) is 13.1. The van der Waals surface area contributed by atoms with Gasteiger partial charge in [0.1, 0.15) is 0 Å². The average molecular weight is 243 g/mol. The molecule has 3 N–H and O–H groups in total. The van der Waals surface area contributed by atoms with Gasteiger partial charge in [-0.05, 0) is 22.3 Å². The summed E-state index contributed by atoms with van der Waals surface area (Å²) >= 11 is 0. The third-order valence-electron chi connectivity index (χ3n) is 3.57. The molecule has 0 fully saturated rings. The van der Waals surface area contributed by atoms with Crippen molar-refractivity contribution in [2.24, 2.45) is 11.7 Å². The number of fused-ring (bicyclic) bond motifs is 1. The molecule has 0 saturated heterocycles. The monoisotopic (exact) mass is 243 g/mol. The van der Waals surface area contributed by atoms with E-state index >= 15 is 0 Å². The summed E-state index contributed by atoms with van der Waals surface area (Å²) in [5.74, 6) is 0.202. The van der Waals surface area contributed by atoms with Gasteiger partial charge in [0.05, 0.1) is 6.10 Å². The fourth-order valence-electron chi connectivity index (χ4n) is 2.49. The zero-order valence-corrected chi connectivity index (χ0v) is 11.0. The number of aliphatic hydroxyl groups excluding tert-OH is 1. The van der Waals surface area contributed by atoms with Crippen LogP contribution in [-0.2, 0) is 0 Å². The van der Waals surface area contributed by atoms with E-state index in [1.807, 2.05) is 32.0 Å². The Kier molecular flexibility index (Phi) is 4.00. The Bertz CT molecular complexity index is 516. The van der Waals surface area contributed by atoms with Gasteiger partial charge in [-0.3, -0.25) is 0 Å². The van der Waals surface area contributed by atoms with Gasteiger partial charge in [0.25, 0.3) is 0 Å². The Hall–Kier alpha value is -1.38. The molecule has 2 nitrogen and oxygen atoms in total. The molecule has 0 aromatic heterocycles. The highest BCUT2D eigenvalue weighted by molar-refractivity contribution is 5.86. The first-order valence-electron chi connectivity index (χ1n) is 6.51. The number of hydrogen-bond acceptors (Lipinski definition) is 2. The predicted octanol–water partition coefficient (Wildman–Crippen LogP) is 2.90. The van der Waals surface area contributed by atoms with E-state index in [1.54, 1.807) is 0 Å². The van der Waals surface area contributed by atoms with Gasteiger partial charge < -0.3 is 10.8 Å². The van der Waals surface area contributed by atoms with Gasteiger partial charge >= 0.3 is 0 Å². The minimum absolute atomic E-state index is 0.00361. The second-order valence-corrected chi connectivity index (χ2v) is 5.15. The summed E-state index contributed by atoms with van der Waals surface area (Å²) < 4.78 is 0. The van der Waals surface area contributed by atoms with Crippen LogP contribution in [0.4, 0.5) is 0 Å². The molecule has 18 heavy (non-hydrogen) atoms. The molecule has 0 bridgehead atoms. The van der Waals surface area contributed by atoms with Crippen LogP contribution in [0.25, 0.3) is 10.8 Å². The molecule has 0 unspecified atom stereocenters. The molecule has 0 aliphatic carbocycles. The standard InChI is InChI=1S/C16H21NO/c1-11(2)16(18)15(10-17)14-9-5-7-12-6-3-4-8-13(12)14/h3-9,11,15-16,18H,10,17H2,1-2H3/t15-,16+/m1/s1. The van der Waals surface area contributed by atoms with Crippen LogP contribution < -0.4 is 5.73 Å². The fourth-order valence-corrected chi connectivity index (χ4v) is 2.49. The maximum atomic E-state index is 10.3. The van der Waals surface area contributed by atoms with Crippen molar-refractivity contribution in [1.29, 1.82) is 0 Å². The molecular formula is C16H21NO. The summed E-state index contributed by atoms with van der Waals surface area (Å²) in [5, 5.41) is 12.7. The highest BCUT2D eigenvalue weighted by Crippen LogP contribution is 2.29. The van der Waals surface area contributed by atoms with Crippen molar-refractivity contribution < 1.29 is 5.11 Å². The Morgan fingerprint density at radius 1 is 1.06 bits per heavy atom. The maximum Gasteiger partial charge on any atom is 0.0643 e. The Labute approximate surface area is 108 Å². The van der Waals surface area contributed by atoms with E-state index in [9.17, 15) is 5.11 Å². The van der Waals surface area contributed by atoms with Crippen LogP contribution in [0.1, 0.15) is 25.3 Å². The van der Waals surface area contributed by atoms with Gasteiger partial charge in [0.15, 0.2) is 0 Å². The normalized spacial score (nSPS) is 14.9. The first-order valence-corrected chi connectivity index (χ1v) is 6.51. The number of hydrogen-bond donors (Lipinski definition) is 2. The van der Waals surface area contributed by atoms with Crippen molar-refractivity contribution in [1.82, 2.24) is 0 Å². The van der Waals surface area contributed by atoms with E-state index < -0.39 is 6.10 Å². The van der Waals surface area contributed by atoms with Gasteiger partial charge in [0, 0.05) is 12.5 Å². The molecule has 0 saturated carbocycles. The van der Waals surface area contributed by atoms with Crippen molar-refractivity contribution in [3.05, 3.63) is 48.0 Å². The molecule has 0 aliphatic rings. The first-order chi connectivity index (χ1) is 8.65. The summed E-state index contributed by atoms with van der Waals surface area (Å²) in [7, 11) is 0. The summed E-state index contributed by atoms with van der Waals surface area (Å²) in [4.78, 5) is 0. The smallest absolute Gasteiger partial charge is 0.0643 e. The maximum absolute atomic E-state index is 10.3. The number of nitrogens with two attached hydrogens (primary N) is 1. The molecule has 2 atom stereocenters. The highest BCUT2D eigenvalue weighted by Gasteiger charge is 2.23. The molecule has 2 rings (SSSR count). The van der Waals surface area contributed by atoms with Crippen molar-refractivity contribution in [2.45, 2.75) is 25.9 Å². The lowest BCUT2D eigenvalue weighted by Gasteiger charge is -2.26. The van der Waals surface area contributed by atoms with E-state index in [-0.39, 0.29) is 11.8 Å². The van der Waals surface area contributed by atoms with Crippen LogP contribution in [0.3, 0.4) is 0 Å². The third kappa shape index (κ3) is 2.40. The SMILES string of the molecule is CC(C)[C@H](O)[C@H](CN)c1cccc2ccccc12. The van der Waals surface area contributed by atoms with E-state index in [0.717, 1.165) is 5.56 Å². The number of aliphatic hydroxyl groups is 1. The van der Waals surface area contributed by atoms with Crippen molar-refractivity contribution in [3.63, 3.8) is 0 Å². The lowest BCUT2D eigenvalue weighted by molar-refractivity contribution is 0.0990. The summed E-state index contributed by atoms with van der Waals surface area (Å²) in [5.41, 5.74) is 7.02. The quantitative estimate of drug-likeness (QED) is 0.867. The molecule has 2 aromatic rings. The van der Waals surface area contributed by atoms with Crippen molar-refractivity contribution in [3.8, 4) is 0 Å². The van der Waals surface area contributed by atoms with Crippen LogP contribution in [0.5, 0.6) is 0 Å². The van der Waals surface area contributed by atoms with Crippen LogP contribution in [0.2, 0.25) is 0 Å². The molecule has 0 radical (unpaired) electrons. The van der Waals surface area contributed by atoms with Gasteiger partial charge in [-0.15, -0.1) is 0 Å². The Morgan fingerprint density at radius 2 is 1.72 bits per heavy atom. The molecule has 2 aromatic carbocycles. The molecular weight excluding hydrogens is 222 g/mol. The van der Waals surface area contributed by atoms with E-state index in [2.05, 4.69) is 24.3 Å². The number of rotatable bonds is 4. The van der Waals surface area contributed by atoms with Crippen LogP contribution >= 0.6 is 0 Å². The number of benzene rings is 2. The lowest BCUT2D eigenvalue weighted by atomic mass is 9.85. The predicted molar refractivity (Wildman–Crippen MR) is 76.6 cm³/mol. The molecule has 0 aliphatic heterocycles. The topological polar surface area (TPSA) is 46.2 Å². The van der Waals surface area contributed by atoms with E-state index in [4.69, 9.17) is 5.73 Å². The largest absolute Gasteiger partial charge is 0.392 e. The zero-order valence-electron chi connectivity index (χ0n) is 11.0. The Morgan fingerprint density at radius 3 is 2.39 bits per heavy atom. The Balaban J connectivity index is 2.51. The minimum Gasteiger partial charge on any atom is -0.392 e. The second kappa shape index (κ2) is 5.51. The fraction of sp³-hybridized carbons (Fsp3) is 0.375. The molecule has 0 amide bonds. The van der Waals surface area contributed by atoms with Gasteiger partial charge in [-0.1, -0.05) is 56.3 Å². The van der Waals surface area contributed by atoms with Gasteiger partial charge in [-0.2, -0.15) is 0 Å². The summed E-state index contributed by atoms with van der Waals surface area (Å²) in [6.07, 6.45) is -0.402. The second-order valence-electron chi connectivity index (χ2n) is 5.15. The molecule has 0 heterocycles. The van der Waals surface area contributed by atoms with Gasteiger partial charge in [0.2, 0.25) is 0 Å². The molecule has 2 heteroatoms. The third-order valence-corrected chi connectivity index (χ3v) is 3.57. The average Bonchev–Trinajstić information content (AvgIpc) is 2.39. The van der Waals surface area contributed by atoms with Gasteiger partial charge in [-0.25, -0.2) is 0 Å². The van der Waals surface area contributed by atoms with E-state index in [0.29, 0.717) is 6.54 Å². The minimum atomic E-state index is -0.402. The van der Waals surface area contributed by atoms with Crippen LogP contribution in [-0.4, -0.2) is 17.8 Å². The first kappa shape index (κ1) is 13.1. The van der Waals surface area contributed by atoms with Crippen LogP contribution in [0.15, 0.2) is 42.5 Å². The van der Waals surface area contributed by atoms with Crippen LogP contribution in [0, 0.1) is 5.92 Å². The van der Waals surface area contributed by atoms with Crippen molar-refractivity contribution >= 4 is 10.8 Å². The van der Waals surface area contributed by atoms with Crippen molar-refractivity contribution in [2.75, 3.05) is 6.54 Å². The lowest BCUT2D eigenvalue weighted by Crippen LogP contribution is -2.30. The van der Waals surface area contributed by atoms with E-state index in [1.165, 1.54) is 10.8 Å². The highest BCUT2D eigenvalue weighted by atomic mass is 16.3.